The second-order valence-electron chi connectivity index (χ2n) is 7.02. The molecule has 0 bridgehead atoms. The summed E-state index contributed by atoms with van der Waals surface area (Å²) in [5.74, 6) is -0.111. The molecule has 2 amide bonds. The highest BCUT2D eigenvalue weighted by Gasteiger charge is 2.21. The molecule has 27 heavy (non-hydrogen) atoms. The fraction of sp³-hybridized carbons (Fsp3) is 0.273. The van der Waals surface area contributed by atoms with Gasteiger partial charge in [-0.3, -0.25) is 20.4 Å². The van der Waals surface area contributed by atoms with Crippen molar-refractivity contribution < 1.29 is 14.0 Å². The molecule has 3 rings (SSSR count). The zero-order valence-electron chi connectivity index (χ0n) is 15.8. The lowest BCUT2D eigenvalue weighted by atomic mass is 9.85. The van der Waals surface area contributed by atoms with E-state index in [9.17, 15) is 9.59 Å². The van der Waals surface area contributed by atoms with Crippen molar-refractivity contribution in [2.75, 3.05) is 0 Å². The number of hydrogen-bond donors (Lipinski definition) is 2. The van der Waals surface area contributed by atoms with E-state index in [4.69, 9.17) is 4.42 Å². The van der Waals surface area contributed by atoms with Crippen molar-refractivity contribution in [1.82, 2.24) is 10.9 Å². The summed E-state index contributed by atoms with van der Waals surface area (Å²) >= 11 is 0. The second-order valence-corrected chi connectivity index (χ2v) is 7.02. The Bertz CT molecular complexity index is 945. The highest BCUT2D eigenvalue weighted by atomic mass is 16.3. The number of rotatable bonds is 5. The van der Waals surface area contributed by atoms with Crippen LogP contribution in [0.15, 0.2) is 59.0 Å². The molecule has 2 aromatic carbocycles. The minimum absolute atomic E-state index is 0.0797. The van der Waals surface area contributed by atoms with Gasteiger partial charge in [0.1, 0.15) is 5.58 Å². The van der Waals surface area contributed by atoms with Gasteiger partial charge in [-0.25, -0.2) is 0 Å². The van der Waals surface area contributed by atoms with Crippen LogP contribution < -0.4 is 10.9 Å². The third kappa shape index (κ3) is 4.19. The highest BCUT2D eigenvalue weighted by molar-refractivity contribution is 5.99. The summed E-state index contributed by atoms with van der Waals surface area (Å²) < 4.78 is 5.62. The lowest BCUT2D eigenvalue weighted by molar-refractivity contribution is -0.122. The Hall–Kier alpha value is -3.08. The number of aryl methyl sites for hydroxylation is 1. The Morgan fingerprint density at radius 1 is 0.963 bits per heavy atom. The van der Waals surface area contributed by atoms with Crippen molar-refractivity contribution in [3.05, 3.63) is 71.5 Å². The maximum atomic E-state index is 12.4. The van der Waals surface area contributed by atoms with E-state index >= 15 is 0 Å². The summed E-state index contributed by atoms with van der Waals surface area (Å²) in [6.45, 7) is 6.00. The number of carbonyl (C=O) groups is 2. The molecule has 3 aromatic rings. The third-order valence-corrected chi connectivity index (χ3v) is 4.80. The number of carbonyl (C=O) groups excluding carboxylic acids is 2. The van der Waals surface area contributed by atoms with E-state index in [1.165, 1.54) is 0 Å². The molecule has 0 aliphatic rings. The summed E-state index contributed by atoms with van der Waals surface area (Å²) in [6.07, 6.45) is 0.293. The minimum Gasteiger partial charge on any atom is -0.451 e. The van der Waals surface area contributed by atoms with Crippen LogP contribution in [0.4, 0.5) is 0 Å². The molecule has 0 saturated carbocycles. The third-order valence-electron chi connectivity index (χ3n) is 4.80. The van der Waals surface area contributed by atoms with Crippen molar-refractivity contribution in [2.24, 2.45) is 5.92 Å². The molecule has 1 aromatic heterocycles. The first-order valence-corrected chi connectivity index (χ1v) is 9.09. The summed E-state index contributed by atoms with van der Waals surface area (Å²) in [5.41, 5.74) is 7.49. The lowest BCUT2D eigenvalue weighted by Crippen LogP contribution is -2.42. The van der Waals surface area contributed by atoms with Crippen LogP contribution in [-0.2, 0) is 4.79 Å². The Kier molecular flexibility index (Phi) is 5.60. The number of hydrogen-bond acceptors (Lipinski definition) is 3. The number of amides is 2. The van der Waals surface area contributed by atoms with E-state index in [1.807, 2.05) is 61.5 Å². The van der Waals surface area contributed by atoms with E-state index in [-0.39, 0.29) is 17.6 Å². The van der Waals surface area contributed by atoms with Gasteiger partial charge >= 0.3 is 5.91 Å². The van der Waals surface area contributed by atoms with Gasteiger partial charge in [0.25, 0.3) is 0 Å². The van der Waals surface area contributed by atoms with Gasteiger partial charge in [0, 0.05) is 17.4 Å². The largest absolute Gasteiger partial charge is 0.451 e. The zero-order chi connectivity index (χ0) is 19.4. The molecule has 0 saturated heterocycles. The SMILES string of the molecule is Cc1c(C(=O)NNC(=O)CC(c2ccccc2)C(C)C)oc2ccccc12. The Labute approximate surface area is 158 Å². The van der Waals surface area contributed by atoms with Gasteiger partial charge in [-0.15, -0.1) is 0 Å². The average molecular weight is 364 g/mol. The predicted octanol–water partition coefficient (Wildman–Crippen LogP) is 4.33. The lowest BCUT2D eigenvalue weighted by Gasteiger charge is -2.21. The van der Waals surface area contributed by atoms with E-state index in [0.29, 0.717) is 17.9 Å². The van der Waals surface area contributed by atoms with Crippen molar-refractivity contribution >= 4 is 22.8 Å². The number of benzene rings is 2. The molecule has 2 N–H and O–H groups in total. The highest BCUT2D eigenvalue weighted by Crippen LogP contribution is 2.27. The summed E-state index contributed by atoms with van der Waals surface area (Å²) in [6, 6.07) is 17.4. The fourth-order valence-corrected chi connectivity index (χ4v) is 3.26. The van der Waals surface area contributed by atoms with Gasteiger partial charge in [-0.2, -0.15) is 0 Å². The predicted molar refractivity (Wildman–Crippen MR) is 105 cm³/mol. The normalized spacial score (nSPS) is 12.1. The Morgan fingerprint density at radius 2 is 1.63 bits per heavy atom. The topological polar surface area (TPSA) is 71.3 Å². The molecule has 5 nitrogen and oxygen atoms in total. The number of furan rings is 1. The molecule has 0 aliphatic carbocycles. The molecule has 0 spiro atoms. The number of para-hydroxylation sites is 1. The first kappa shape index (κ1) is 18.7. The van der Waals surface area contributed by atoms with Crippen molar-refractivity contribution in [3.8, 4) is 0 Å². The van der Waals surface area contributed by atoms with Crippen LogP contribution in [0, 0.1) is 12.8 Å². The van der Waals surface area contributed by atoms with Crippen LogP contribution in [0.1, 0.15) is 47.9 Å². The molecule has 0 aliphatic heterocycles. The first-order chi connectivity index (χ1) is 13.0. The molecule has 1 atom stereocenters. The number of hydrazine groups is 1. The van der Waals surface area contributed by atoms with E-state index in [1.54, 1.807) is 0 Å². The summed E-state index contributed by atoms with van der Waals surface area (Å²) in [5, 5.41) is 0.887. The molecule has 140 valence electrons. The number of fused-ring (bicyclic) bond motifs is 1. The molecular formula is C22H24N2O3. The fourth-order valence-electron chi connectivity index (χ4n) is 3.26. The van der Waals surface area contributed by atoms with Crippen LogP contribution in [0.3, 0.4) is 0 Å². The summed E-state index contributed by atoms with van der Waals surface area (Å²) in [7, 11) is 0. The zero-order valence-corrected chi connectivity index (χ0v) is 15.8. The smallest absolute Gasteiger partial charge is 0.305 e. The van der Waals surface area contributed by atoms with Crippen molar-refractivity contribution in [1.29, 1.82) is 0 Å². The van der Waals surface area contributed by atoms with E-state index in [2.05, 4.69) is 24.7 Å². The standard InChI is InChI=1S/C22H24N2O3/c1-14(2)18(16-9-5-4-6-10-16)13-20(25)23-24-22(26)21-15(3)17-11-7-8-12-19(17)27-21/h4-12,14,18H,13H2,1-3H3,(H,23,25)(H,24,26). The second kappa shape index (κ2) is 8.08. The first-order valence-electron chi connectivity index (χ1n) is 9.09. The molecule has 0 radical (unpaired) electrons. The van der Waals surface area contributed by atoms with Crippen LogP contribution in [0.25, 0.3) is 11.0 Å². The van der Waals surface area contributed by atoms with Gasteiger partial charge in [0.15, 0.2) is 5.76 Å². The minimum atomic E-state index is -0.460. The van der Waals surface area contributed by atoms with Crippen molar-refractivity contribution in [2.45, 2.75) is 33.1 Å². The average Bonchev–Trinajstić information content (AvgIpc) is 3.02. The molecule has 0 fully saturated rings. The van der Waals surface area contributed by atoms with Crippen molar-refractivity contribution in [3.63, 3.8) is 0 Å². The Balaban J connectivity index is 1.64. The molecule has 1 unspecified atom stereocenters. The van der Waals surface area contributed by atoms with E-state index in [0.717, 1.165) is 16.5 Å². The van der Waals surface area contributed by atoms with Gasteiger partial charge < -0.3 is 4.42 Å². The van der Waals surface area contributed by atoms with Crippen LogP contribution >= 0.6 is 0 Å². The van der Waals surface area contributed by atoms with E-state index < -0.39 is 5.91 Å². The van der Waals surface area contributed by atoms with Gasteiger partial charge in [0.05, 0.1) is 0 Å². The monoisotopic (exact) mass is 364 g/mol. The van der Waals surface area contributed by atoms with Crippen LogP contribution in [0.2, 0.25) is 0 Å². The maximum Gasteiger partial charge on any atom is 0.305 e. The quantitative estimate of drug-likeness (QED) is 0.662. The van der Waals surface area contributed by atoms with Gasteiger partial charge in [0.2, 0.25) is 5.91 Å². The molecular weight excluding hydrogens is 340 g/mol. The van der Waals surface area contributed by atoms with Crippen LogP contribution in [0.5, 0.6) is 0 Å². The number of nitrogens with one attached hydrogen (secondary N) is 2. The Morgan fingerprint density at radius 3 is 2.30 bits per heavy atom. The maximum absolute atomic E-state index is 12.4. The summed E-state index contributed by atoms with van der Waals surface area (Å²) in [4.78, 5) is 24.8. The molecule has 1 heterocycles. The molecule has 5 heteroatoms. The van der Waals surface area contributed by atoms with Gasteiger partial charge in [-0.1, -0.05) is 62.4 Å². The van der Waals surface area contributed by atoms with Gasteiger partial charge in [-0.05, 0) is 30.4 Å². The van der Waals surface area contributed by atoms with Crippen LogP contribution in [-0.4, -0.2) is 11.8 Å².